The summed E-state index contributed by atoms with van der Waals surface area (Å²) >= 11 is 0. The summed E-state index contributed by atoms with van der Waals surface area (Å²) in [5.74, 6) is 0. The molecule has 0 unspecified atom stereocenters. The standard InChI is InChI=1S/3C8H18OSi2.Pt/c3*1-7-10(3,4)9-11(5,6)8-2;/h3*7-8H,1-2H2,3-6H3;. The third kappa shape index (κ3) is 24.0. The van der Waals surface area contributed by atoms with E-state index in [9.17, 15) is 0 Å². The molecule has 0 saturated carbocycles. The quantitative estimate of drug-likeness (QED) is 0.187. The zero-order valence-corrected chi connectivity index (χ0v) is 32.5. The predicted molar refractivity (Wildman–Crippen MR) is 169 cm³/mol. The Labute approximate surface area is 234 Å². The van der Waals surface area contributed by atoms with Crippen molar-refractivity contribution < 1.29 is 33.4 Å². The third-order valence-electron chi connectivity index (χ3n) is 4.53. The molecule has 0 aliphatic carbocycles. The third-order valence-corrected chi connectivity index (χ3v) is 23.1. The van der Waals surface area contributed by atoms with Gasteiger partial charge in [0.25, 0.3) is 0 Å². The van der Waals surface area contributed by atoms with Crippen LogP contribution in [0.1, 0.15) is 0 Å². The van der Waals surface area contributed by atoms with E-state index in [0.717, 1.165) is 0 Å². The number of hydrogen-bond donors (Lipinski definition) is 0. The first-order valence-corrected chi connectivity index (χ1v) is 29.3. The van der Waals surface area contributed by atoms with Crippen LogP contribution in [0.15, 0.2) is 73.7 Å². The molecule has 0 rings (SSSR count). The molecule has 0 heterocycles. The van der Waals surface area contributed by atoms with Crippen LogP contribution in [-0.4, -0.2) is 49.9 Å². The Balaban J connectivity index is -0.000000196. The van der Waals surface area contributed by atoms with Crippen LogP contribution >= 0.6 is 0 Å². The molecule has 10 heteroatoms. The minimum absolute atomic E-state index is 0. The van der Waals surface area contributed by atoms with Gasteiger partial charge in [0.05, 0.1) is 0 Å². The summed E-state index contributed by atoms with van der Waals surface area (Å²) in [6, 6.07) is 0. The van der Waals surface area contributed by atoms with Gasteiger partial charge in [0, 0.05) is 21.1 Å². The summed E-state index contributed by atoms with van der Waals surface area (Å²) in [4.78, 5) is 0. The Bertz CT molecular complexity index is 527. The van der Waals surface area contributed by atoms with Crippen LogP contribution in [0.25, 0.3) is 0 Å². The van der Waals surface area contributed by atoms with Crippen LogP contribution in [-0.2, 0) is 33.4 Å². The van der Waals surface area contributed by atoms with Crippen LogP contribution in [0.4, 0.5) is 0 Å². The van der Waals surface area contributed by atoms with Crippen LogP contribution in [0, 0.1) is 0 Å². The topological polar surface area (TPSA) is 27.7 Å². The van der Waals surface area contributed by atoms with Gasteiger partial charge in [-0.1, -0.05) is 34.2 Å². The van der Waals surface area contributed by atoms with E-state index in [1.165, 1.54) is 0 Å². The Morgan fingerprint density at radius 2 is 0.412 bits per heavy atom. The Hall–Kier alpha value is 0.310. The van der Waals surface area contributed by atoms with Crippen molar-refractivity contribution >= 4 is 49.9 Å². The van der Waals surface area contributed by atoms with Gasteiger partial charge in [0.1, 0.15) is 0 Å². The SMILES string of the molecule is C=C[Si](C)(C)O[Si](C)(C)C=C.C=C[Si](C)(C)O[Si](C)(C)C=C.C=C[Si](C)(C)O[Si](C)(C)C=C.[Pt]. The van der Waals surface area contributed by atoms with Crippen molar-refractivity contribution in [3.63, 3.8) is 0 Å². The fraction of sp³-hybridized carbons (Fsp3) is 0.500. The second-order valence-electron chi connectivity index (χ2n) is 11.2. The van der Waals surface area contributed by atoms with Crippen molar-refractivity contribution in [2.24, 2.45) is 0 Å². The van der Waals surface area contributed by atoms with E-state index in [1.807, 2.05) is 34.2 Å². The van der Waals surface area contributed by atoms with Crippen molar-refractivity contribution in [1.82, 2.24) is 0 Å². The first kappa shape index (κ1) is 41.4. The zero-order valence-electron chi connectivity index (χ0n) is 24.2. The van der Waals surface area contributed by atoms with Crippen molar-refractivity contribution in [3.8, 4) is 0 Å². The van der Waals surface area contributed by atoms with E-state index >= 15 is 0 Å². The molecular formula is C24H54O3PtSi6. The van der Waals surface area contributed by atoms with E-state index in [2.05, 4.69) is 118 Å². The van der Waals surface area contributed by atoms with Crippen molar-refractivity contribution in [1.29, 1.82) is 0 Å². The molecule has 202 valence electrons. The summed E-state index contributed by atoms with van der Waals surface area (Å²) in [5.41, 5.74) is 11.8. The largest absolute Gasteiger partial charge is 0.449 e. The molecule has 0 bridgehead atoms. The normalized spacial score (nSPS) is 12.4. The number of hydrogen-bond acceptors (Lipinski definition) is 3. The average Bonchev–Trinajstić information content (AvgIpc) is 2.67. The second-order valence-corrected chi connectivity index (χ2v) is 35.3. The van der Waals surface area contributed by atoms with Crippen molar-refractivity contribution in [2.75, 3.05) is 0 Å². The van der Waals surface area contributed by atoms with E-state index < -0.39 is 49.9 Å². The molecular weight excluding hydrogens is 700 g/mol. The first-order chi connectivity index (χ1) is 14.5. The molecule has 0 aromatic heterocycles. The van der Waals surface area contributed by atoms with Crippen LogP contribution < -0.4 is 0 Å². The molecule has 0 aromatic rings. The van der Waals surface area contributed by atoms with E-state index in [1.54, 1.807) is 0 Å². The molecule has 0 N–H and O–H groups in total. The predicted octanol–water partition coefficient (Wildman–Crippen LogP) is 8.59. The smallest absolute Gasteiger partial charge is 0.198 e. The summed E-state index contributed by atoms with van der Waals surface area (Å²) in [5, 5.41) is 0. The summed E-state index contributed by atoms with van der Waals surface area (Å²) in [7, 11) is -9.48. The van der Waals surface area contributed by atoms with Crippen molar-refractivity contribution in [2.45, 2.75) is 78.6 Å². The minimum Gasteiger partial charge on any atom is -0.449 e. The monoisotopic (exact) mass is 753 g/mol. The van der Waals surface area contributed by atoms with Gasteiger partial charge < -0.3 is 12.3 Å². The van der Waals surface area contributed by atoms with Gasteiger partial charge in [-0.25, -0.2) is 0 Å². The van der Waals surface area contributed by atoms with E-state index in [-0.39, 0.29) is 21.1 Å². The van der Waals surface area contributed by atoms with Gasteiger partial charge >= 0.3 is 0 Å². The van der Waals surface area contributed by atoms with Gasteiger partial charge in [-0.05, 0) is 78.6 Å². The molecule has 0 aromatic carbocycles. The fourth-order valence-electron chi connectivity index (χ4n) is 2.28. The molecule has 0 spiro atoms. The molecule has 0 atom stereocenters. The second kappa shape index (κ2) is 16.9. The maximum Gasteiger partial charge on any atom is 0.198 e. The summed E-state index contributed by atoms with van der Waals surface area (Å²) in [6.45, 7) is 48.5. The molecule has 3 nitrogen and oxygen atoms in total. The van der Waals surface area contributed by atoms with E-state index in [4.69, 9.17) is 12.3 Å². The molecule has 0 saturated heterocycles. The van der Waals surface area contributed by atoms with Gasteiger partial charge in [-0.3, -0.25) is 0 Å². The molecule has 0 radical (unpaired) electrons. The summed E-state index contributed by atoms with van der Waals surface area (Å²) < 4.78 is 17.9. The van der Waals surface area contributed by atoms with Gasteiger partial charge in [0.2, 0.25) is 0 Å². The van der Waals surface area contributed by atoms with Crippen LogP contribution in [0.2, 0.25) is 78.6 Å². The van der Waals surface area contributed by atoms with Crippen LogP contribution in [0.3, 0.4) is 0 Å². The van der Waals surface area contributed by atoms with E-state index in [0.29, 0.717) is 0 Å². The van der Waals surface area contributed by atoms with Crippen molar-refractivity contribution in [3.05, 3.63) is 73.7 Å². The number of rotatable bonds is 12. The molecule has 0 aliphatic rings. The first-order valence-electron chi connectivity index (χ1n) is 11.4. The van der Waals surface area contributed by atoms with Gasteiger partial charge in [-0.2, -0.15) is 0 Å². The maximum atomic E-state index is 5.97. The van der Waals surface area contributed by atoms with Gasteiger partial charge in [-0.15, -0.1) is 39.5 Å². The zero-order chi connectivity index (χ0) is 27.4. The molecule has 0 aliphatic heterocycles. The Morgan fingerprint density at radius 3 is 0.471 bits per heavy atom. The fourth-order valence-corrected chi connectivity index (χ4v) is 20.6. The Morgan fingerprint density at radius 1 is 0.324 bits per heavy atom. The molecule has 0 fully saturated rings. The Kier molecular flexibility index (Phi) is 20.6. The molecule has 0 amide bonds. The minimum atomic E-state index is -1.58. The average molecular weight is 754 g/mol. The van der Waals surface area contributed by atoms with Crippen LogP contribution in [0.5, 0.6) is 0 Å². The summed E-state index contributed by atoms with van der Waals surface area (Å²) in [6.07, 6.45) is 0. The molecule has 34 heavy (non-hydrogen) atoms. The maximum absolute atomic E-state index is 5.97. The van der Waals surface area contributed by atoms with Gasteiger partial charge in [0.15, 0.2) is 49.9 Å².